The number of hydrogen-bond donors (Lipinski definition) is 2. The number of benzene rings is 1. The molecule has 1 spiro atoms. The van der Waals surface area contributed by atoms with Crippen LogP contribution in [0.1, 0.15) is 46.6 Å². The molecule has 2 aromatic heterocycles. The van der Waals surface area contributed by atoms with Crippen LogP contribution >= 0.6 is 0 Å². The predicted octanol–water partition coefficient (Wildman–Crippen LogP) is 4.10. The average molecular weight is 415 g/mol. The Kier molecular flexibility index (Phi) is 4.74. The minimum absolute atomic E-state index is 0.0301. The fourth-order valence-corrected chi connectivity index (χ4v) is 5.41. The number of pyridine rings is 1. The molecule has 5 nitrogen and oxygen atoms in total. The third-order valence-corrected chi connectivity index (χ3v) is 6.84. The molecule has 6 rings (SSSR count). The van der Waals surface area contributed by atoms with Crippen molar-refractivity contribution in [1.29, 1.82) is 0 Å². The van der Waals surface area contributed by atoms with Gasteiger partial charge in [0.1, 0.15) is 0 Å². The fourth-order valence-electron chi connectivity index (χ4n) is 5.41. The van der Waals surface area contributed by atoms with E-state index in [1.807, 2.05) is 20.0 Å². The van der Waals surface area contributed by atoms with Crippen LogP contribution in [0.5, 0.6) is 0 Å². The lowest BCUT2D eigenvalue weighted by Gasteiger charge is -2.50. The molecule has 1 amide bonds. The summed E-state index contributed by atoms with van der Waals surface area (Å²) in [5.41, 5.74) is 10.2. The van der Waals surface area contributed by atoms with E-state index in [4.69, 9.17) is 4.98 Å². The van der Waals surface area contributed by atoms with Crippen LogP contribution in [0.3, 0.4) is 0 Å². The Morgan fingerprint density at radius 3 is 2.55 bits per heavy atom. The number of rotatable bonds is 1. The number of amides is 1. The number of likely N-dealkylation sites (N-methyl/N-ethyl adjacent to an activating group) is 1. The molecule has 1 fully saturated rings. The quantitative estimate of drug-likeness (QED) is 0.630. The van der Waals surface area contributed by atoms with Gasteiger partial charge in [-0.25, -0.2) is 0 Å². The Labute approximate surface area is 183 Å². The highest BCUT2D eigenvalue weighted by Gasteiger charge is 2.50. The Morgan fingerprint density at radius 1 is 1.10 bits per heavy atom. The van der Waals surface area contributed by atoms with E-state index in [9.17, 15) is 4.79 Å². The summed E-state index contributed by atoms with van der Waals surface area (Å²) in [6.07, 6.45) is 3.83. The zero-order valence-electron chi connectivity index (χ0n) is 18.8. The molecule has 3 aliphatic rings. The minimum Gasteiger partial charge on any atom is -0.357 e. The first-order valence-electron chi connectivity index (χ1n) is 11.3. The normalized spacial score (nSPS) is 18.1. The van der Waals surface area contributed by atoms with E-state index in [-0.39, 0.29) is 11.3 Å². The summed E-state index contributed by atoms with van der Waals surface area (Å²) in [7, 11) is 2.14. The second-order valence-corrected chi connectivity index (χ2v) is 8.96. The highest BCUT2D eigenvalue weighted by atomic mass is 16.1. The molecule has 1 saturated heterocycles. The van der Waals surface area contributed by atoms with E-state index in [0.29, 0.717) is 0 Å². The second-order valence-electron chi connectivity index (χ2n) is 8.96. The van der Waals surface area contributed by atoms with E-state index in [0.717, 1.165) is 60.7 Å². The van der Waals surface area contributed by atoms with Crippen LogP contribution in [0, 0.1) is 6.92 Å². The summed E-state index contributed by atoms with van der Waals surface area (Å²) in [6.45, 7) is 8.79. The number of hydrogen-bond acceptors (Lipinski definition) is 3. The lowest BCUT2D eigenvalue weighted by molar-refractivity contribution is 0.0688. The molecule has 0 bridgehead atoms. The van der Waals surface area contributed by atoms with Crippen molar-refractivity contribution in [3.63, 3.8) is 0 Å². The summed E-state index contributed by atoms with van der Waals surface area (Å²) in [5.74, 6) is 0.0777. The number of H-pyrrole nitrogens is 1. The number of nitrogens with zero attached hydrogens (tertiary/aromatic N) is 2. The summed E-state index contributed by atoms with van der Waals surface area (Å²) in [6, 6.07) is 10.7. The lowest BCUT2D eigenvalue weighted by Crippen LogP contribution is -2.65. The highest BCUT2D eigenvalue weighted by molar-refractivity contribution is 6.01. The van der Waals surface area contributed by atoms with Crippen molar-refractivity contribution in [2.75, 3.05) is 26.7 Å². The monoisotopic (exact) mass is 414 g/mol. The zero-order valence-corrected chi connectivity index (χ0v) is 18.8. The first-order chi connectivity index (χ1) is 15.0. The van der Waals surface area contributed by atoms with E-state index in [1.165, 1.54) is 22.3 Å². The van der Waals surface area contributed by atoms with Gasteiger partial charge < -0.3 is 15.2 Å². The maximum absolute atomic E-state index is 12.8. The molecule has 0 radical (unpaired) electrons. The van der Waals surface area contributed by atoms with Crippen molar-refractivity contribution in [3.8, 4) is 22.5 Å². The molecule has 2 aliphatic heterocycles. The number of nitrogens with one attached hydrogen (secondary N) is 2. The molecule has 3 aromatic rings. The van der Waals surface area contributed by atoms with E-state index >= 15 is 0 Å². The Morgan fingerprint density at radius 2 is 1.84 bits per heavy atom. The summed E-state index contributed by atoms with van der Waals surface area (Å²) >= 11 is 0. The number of aromatic amines is 1. The van der Waals surface area contributed by atoms with Gasteiger partial charge in [-0.1, -0.05) is 43.7 Å². The molecular formula is C26H30N4O. The summed E-state index contributed by atoms with van der Waals surface area (Å²) in [5, 5.41) is 3.16. The van der Waals surface area contributed by atoms with Gasteiger partial charge in [-0.15, -0.1) is 0 Å². The smallest absolute Gasteiger partial charge is 0.253 e. The van der Waals surface area contributed by atoms with Crippen LogP contribution in [0.4, 0.5) is 0 Å². The Hall–Kier alpha value is -2.92. The van der Waals surface area contributed by atoms with Gasteiger partial charge >= 0.3 is 0 Å². The molecule has 0 saturated carbocycles. The minimum atomic E-state index is 0.0301. The molecule has 5 heteroatoms. The molecule has 2 N–H and O–H groups in total. The molecule has 0 atom stereocenters. The topological polar surface area (TPSA) is 61.0 Å². The van der Waals surface area contributed by atoms with Gasteiger partial charge in [0.15, 0.2) is 0 Å². The molecule has 4 heterocycles. The number of fused-ring (bicyclic) bond motifs is 6. The van der Waals surface area contributed by atoms with E-state index < -0.39 is 0 Å². The van der Waals surface area contributed by atoms with Gasteiger partial charge in [-0.2, -0.15) is 0 Å². The van der Waals surface area contributed by atoms with Crippen molar-refractivity contribution in [2.24, 2.45) is 0 Å². The first kappa shape index (κ1) is 20.0. The molecule has 0 unspecified atom stereocenters. The standard InChI is InChI=1S/C24H24N4O.C2H6/c1-14-3-5-15(6-4-14)19-9-18-16(10-25-19)7-8-17-20-22(27-21(17)18)24(11-26-23(20)29)12-28(2)13-24;1-2/h3-6,9-10,27H,7-8,11-13H2,1-2H3,(H,26,29);1-2H3. The maximum atomic E-state index is 12.8. The summed E-state index contributed by atoms with van der Waals surface area (Å²) in [4.78, 5) is 23.6. The van der Waals surface area contributed by atoms with Crippen LogP contribution in [-0.2, 0) is 18.3 Å². The first-order valence-corrected chi connectivity index (χ1v) is 11.3. The third-order valence-electron chi connectivity index (χ3n) is 6.84. The van der Waals surface area contributed by atoms with Gasteiger partial charge in [0.25, 0.3) is 5.91 Å². The molecule has 1 aromatic carbocycles. The van der Waals surface area contributed by atoms with Crippen molar-refractivity contribution in [3.05, 3.63) is 64.5 Å². The Balaban J connectivity index is 0.000000994. The van der Waals surface area contributed by atoms with Crippen molar-refractivity contribution >= 4 is 5.91 Å². The summed E-state index contributed by atoms with van der Waals surface area (Å²) < 4.78 is 0. The zero-order chi connectivity index (χ0) is 21.8. The molecular weight excluding hydrogens is 384 g/mol. The Bertz CT molecular complexity index is 1150. The van der Waals surface area contributed by atoms with Gasteiger partial charge in [0, 0.05) is 42.7 Å². The number of likely N-dealkylation sites (tertiary alicyclic amines) is 1. The van der Waals surface area contributed by atoms with Crippen LogP contribution < -0.4 is 5.32 Å². The van der Waals surface area contributed by atoms with Gasteiger partial charge in [0.05, 0.1) is 22.4 Å². The third kappa shape index (κ3) is 3.02. The van der Waals surface area contributed by atoms with Crippen molar-refractivity contribution in [2.45, 2.75) is 39.0 Å². The molecule has 1 aliphatic carbocycles. The largest absolute Gasteiger partial charge is 0.357 e. The highest BCUT2D eigenvalue weighted by Crippen LogP contribution is 2.44. The van der Waals surface area contributed by atoms with E-state index in [1.54, 1.807) is 0 Å². The van der Waals surface area contributed by atoms with Gasteiger partial charge in [-0.05, 0) is 44.0 Å². The number of aryl methyl sites for hydroxylation is 2. The second kappa shape index (κ2) is 7.34. The van der Waals surface area contributed by atoms with Crippen LogP contribution in [0.25, 0.3) is 22.5 Å². The molecule has 31 heavy (non-hydrogen) atoms. The SMILES string of the molecule is CC.Cc1ccc(-c2cc3c(cn2)CCc2c-3[nH]c3c2C(=O)NCC32CN(C)C2)cc1. The van der Waals surface area contributed by atoms with Crippen LogP contribution in [-0.4, -0.2) is 47.5 Å². The number of carbonyl (C=O) groups excluding carboxylic acids is 1. The maximum Gasteiger partial charge on any atom is 0.253 e. The van der Waals surface area contributed by atoms with E-state index in [2.05, 4.69) is 59.5 Å². The number of carbonyl (C=O) groups is 1. The van der Waals surface area contributed by atoms with Crippen molar-refractivity contribution < 1.29 is 4.79 Å². The lowest BCUT2D eigenvalue weighted by atomic mass is 9.73. The van der Waals surface area contributed by atoms with Gasteiger partial charge in [0.2, 0.25) is 0 Å². The van der Waals surface area contributed by atoms with Crippen LogP contribution in [0.15, 0.2) is 36.5 Å². The fraction of sp³-hybridized carbons (Fsp3) is 0.385. The predicted molar refractivity (Wildman–Crippen MR) is 124 cm³/mol. The van der Waals surface area contributed by atoms with Gasteiger partial charge in [-0.3, -0.25) is 9.78 Å². The van der Waals surface area contributed by atoms with Crippen LogP contribution in [0.2, 0.25) is 0 Å². The number of aromatic nitrogens is 2. The molecule has 160 valence electrons. The average Bonchev–Trinajstić information content (AvgIpc) is 3.18. The van der Waals surface area contributed by atoms with Crippen molar-refractivity contribution in [1.82, 2.24) is 20.2 Å².